The zero-order valence-corrected chi connectivity index (χ0v) is 11.7. The van der Waals surface area contributed by atoms with E-state index < -0.39 is 0 Å². The summed E-state index contributed by atoms with van der Waals surface area (Å²) >= 11 is 0. The first kappa shape index (κ1) is 13.3. The molecule has 0 spiro atoms. The van der Waals surface area contributed by atoms with Crippen LogP contribution in [0.4, 0.5) is 5.69 Å². The molecule has 0 aliphatic carbocycles. The highest BCUT2D eigenvalue weighted by atomic mass is 16.2. The predicted octanol–water partition coefficient (Wildman–Crippen LogP) is 3.97. The quantitative estimate of drug-likeness (QED) is 0.810. The minimum Gasteiger partial charge on any atom is -0.309 e. The average Bonchev–Trinajstić information content (AvgIpc) is 2.40. The van der Waals surface area contributed by atoms with Crippen LogP contribution in [0.15, 0.2) is 48.5 Å². The third kappa shape index (κ3) is 3.02. The van der Waals surface area contributed by atoms with Gasteiger partial charge in [-0.15, -0.1) is 0 Å². The number of rotatable bonds is 3. The first-order valence-electron chi connectivity index (χ1n) is 6.57. The fourth-order valence-electron chi connectivity index (χ4n) is 2.09. The van der Waals surface area contributed by atoms with Crippen LogP contribution < -0.4 is 4.90 Å². The molecule has 2 rings (SSSR count). The van der Waals surface area contributed by atoms with Crippen molar-refractivity contribution in [1.29, 1.82) is 0 Å². The van der Waals surface area contributed by atoms with E-state index in [9.17, 15) is 4.79 Å². The van der Waals surface area contributed by atoms with Crippen molar-refractivity contribution in [2.75, 3.05) is 11.4 Å². The van der Waals surface area contributed by atoms with E-state index in [0.29, 0.717) is 6.54 Å². The number of carbonyl (C=O) groups is 1. The second-order valence-corrected chi connectivity index (χ2v) is 4.75. The van der Waals surface area contributed by atoms with Gasteiger partial charge < -0.3 is 4.90 Å². The molecule has 0 fully saturated rings. The fraction of sp³-hybridized carbons (Fsp3) is 0.235. The monoisotopic (exact) mass is 253 g/mol. The Labute approximate surface area is 114 Å². The van der Waals surface area contributed by atoms with Gasteiger partial charge in [0.05, 0.1) is 0 Å². The van der Waals surface area contributed by atoms with Gasteiger partial charge in [-0.2, -0.15) is 0 Å². The highest BCUT2D eigenvalue weighted by Crippen LogP contribution is 2.18. The summed E-state index contributed by atoms with van der Waals surface area (Å²) in [6.07, 6.45) is 0. The van der Waals surface area contributed by atoms with Crippen LogP contribution in [0.25, 0.3) is 0 Å². The third-order valence-corrected chi connectivity index (χ3v) is 3.17. The number of amides is 1. The topological polar surface area (TPSA) is 20.3 Å². The molecule has 0 N–H and O–H groups in total. The first-order valence-corrected chi connectivity index (χ1v) is 6.57. The lowest BCUT2D eigenvalue weighted by atomic mass is 10.1. The van der Waals surface area contributed by atoms with Crippen LogP contribution in [0, 0.1) is 13.8 Å². The van der Waals surface area contributed by atoms with E-state index in [-0.39, 0.29) is 5.91 Å². The van der Waals surface area contributed by atoms with E-state index in [2.05, 4.69) is 0 Å². The molecule has 2 heteroatoms. The van der Waals surface area contributed by atoms with Crippen molar-refractivity contribution in [2.24, 2.45) is 0 Å². The van der Waals surface area contributed by atoms with E-state index in [1.54, 1.807) is 4.90 Å². The zero-order chi connectivity index (χ0) is 13.8. The van der Waals surface area contributed by atoms with E-state index in [1.165, 1.54) is 0 Å². The largest absolute Gasteiger partial charge is 0.309 e. The van der Waals surface area contributed by atoms with Gasteiger partial charge in [0.1, 0.15) is 0 Å². The molecule has 0 bridgehead atoms. The molecular weight excluding hydrogens is 234 g/mol. The molecule has 0 aromatic heterocycles. The second kappa shape index (κ2) is 5.70. The lowest BCUT2D eigenvalue weighted by Gasteiger charge is -2.21. The molecule has 2 aromatic rings. The minimum atomic E-state index is 0.0492. The molecule has 0 radical (unpaired) electrons. The van der Waals surface area contributed by atoms with Crippen molar-refractivity contribution in [3.05, 3.63) is 65.2 Å². The fourth-order valence-corrected chi connectivity index (χ4v) is 2.09. The molecule has 0 aliphatic rings. The lowest BCUT2D eigenvalue weighted by molar-refractivity contribution is 0.0988. The van der Waals surface area contributed by atoms with Gasteiger partial charge in [0.25, 0.3) is 5.91 Å². The second-order valence-electron chi connectivity index (χ2n) is 4.75. The summed E-state index contributed by atoms with van der Waals surface area (Å²) in [5.74, 6) is 0.0492. The van der Waals surface area contributed by atoms with Crippen molar-refractivity contribution in [2.45, 2.75) is 20.8 Å². The van der Waals surface area contributed by atoms with Crippen LogP contribution in [-0.2, 0) is 0 Å². The summed E-state index contributed by atoms with van der Waals surface area (Å²) in [6, 6.07) is 15.7. The molecule has 19 heavy (non-hydrogen) atoms. The zero-order valence-electron chi connectivity index (χ0n) is 11.7. The molecule has 2 aromatic carbocycles. The van der Waals surface area contributed by atoms with E-state index in [0.717, 1.165) is 22.4 Å². The number of hydrogen-bond donors (Lipinski definition) is 0. The number of nitrogens with zero attached hydrogens (tertiary/aromatic N) is 1. The van der Waals surface area contributed by atoms with Gasteiger partial charge in [-0.1, -0.05) is 29.8 Å². The van der Waals surface area contributed by atoms with Crippen LogP contribution in [0.3, 0.4) is 0 Å². The lowest BCUT2D eigenvalue weighted by Crippen LogP contribution is -2.30. The molecule has 98 valence electrons. The number of hydrogen-bond acceptors (Lipinski definition) is 1. The van der Waals surface area contributed by atoms with Gasteiger partial charge in [0.2, 0.25) is 0 Å². The van der Waals surface area contributed by atoms with E-state index in [4.69, 9.17) is 0 Å². The summed E-state index contributed by atoms with van der Waals surface area (Å²) in [6.45, 7) is 6.71. The first-order chi connectivity index (χ1) is 9.11. The summed E-state index contributed by atoms with van der Waals surface area (Å²) in [7, 11) is 0. The van der Waals surface area contributed by atoms with Crippen molar-refractivity contribution in [1.82, 2.24) is 0 Å². The number of anilines is 1. The smallest absolute Gasteiger partial charge is 0.258 e. The molecule has 1 amide bonds. The van der Waals surface area contributed by atoms with Gasteiger partial charge in [-0.05, 0) is 50.6 Å². The predicted molar refractivity (Wildman–Crippen MR) is 79.7 cm³/mol. The maximum Gasteiger partial charge on any atom is 0.258 e. The van der Waals surface area contributed by atoms with Gasteiger partial charge in [-0.3, -0.25) is 4.79 Å². The highest BCUT2D eigenvalue weighted by molar-refractivity contribution is 6.06. The van der Waals surface area contributed by atoms with Crippen molar-refractivity contribution in [3.63, 3.8) is 0 Å². The van der Waals surface area contributed by atoms with Crippen LogP contribution >= 0.6 is 0 Å². The summed E-state index contributed by atoms with van der Waals surface area (Å²) in [5.41, 5.74) is 4.00. The molecule has 0 aliphatic heterocycles. The Kier molecular flexibility index (Phi) is 4.00. The summed E-state index contributed by atoms with van der Waals surface area (Å²) < 4.78 is 0. The molecule has 0 atom stereocenters. The number of benzene rings is 2. The maximum atomic E-state index is 12.5. The normalized spacial score (nSPS) is 10.3. The number of carbonyl (C=O) groups excluding carboxylic acids is 1. The highest BCUT2D eigenvalue weighted by Gasteiger charge is 2.15. The van der Waals surface area contributed by atoms with Gasteiger partial charge >= 0.3 is 0 Å². The Morgan fingerprint density at radius 1 is 1.00 bits per heavy atom. The van der Waals surface area contributed by atoms with Gasteiger partial charge in [0.15, 0.2) is 0 Å². The average molecular weight is 253 g/mol. The van der Waals surface area contributed by atoms with Gasteiger partial charge in [-0.25, -0.2) is 0 Å². The van der Waals surface area contributed by atoms with Crippen LogP contribution in [-0.4, -0.2) is 12.5 Å². The molecule has 2 nitrogen and oxygen atoms in total. The number of aryl methyl sites for hydroxylation is 2. The summed E-state index contributed by atoms with van der Waals surface area (Å²) in [5, 5.41) is 0. The van der Waals surface area contributed by atoms with E-state index >= 15 is 0 Å². The SMILES string of the molecule is CCN(C(=O)c1ccc(C)cc1)c1cccc(C)c1. The van der Waals surface area contributed by atoms with Gasteiger partial charge in [0, 0.05) is 17.8 Å². The standard InChI is InChI=1S/C17H19NO/c1-4-18(16-7-5-6-14(3)12-16)17(19)15-10-8-13(2)9-11-15/h5-12H,4H2,1-3H3. The summed E-state index contributed by atoms with van der Waals surface area (Å²) in [4.78, 5) is 14.3. The third-order valence-electron chi connectivity index (χ3n) is 3.17. The molecule has 0 heterocycles. The Balaban J connectivity index is 2.31. The minimum absolute atomic E-state index is 0.0492. The van der Waals surface area contributed by atoms with E-state index in [1.807, 2.05) is 69.3 Å². The van der Waals surface area contributed by atoms with Crippen molar-refractivity contribution >= 4 is 11.6 Å². The van der Waals surface area contributed by atoms with Crippen molar-refractivity contribution in [3.8, 4) is 0 Å². The molecule has 0 unspecified atom stereocenters. The van der Waals surface area contributed by atoms with Crippen LogP contribution in [0.1, 0.15) is 28.4 Å². The molecule has 0 saturated heterocycles. The van der Waals surface area contributed by atoms with Crippen LogP contribution in [0.5, 0.6) is 0 Å². The van der Waals surface area contributed by atoms with Crippen molar-refractivity contribution < 1.29 is 4.79 Å². The Morgan fingerprint density at radius 3 is 2.26 bits per heavy atom. The maximum absolute atomic E-state index is 12.5. The molecular formula is C17H19NO. The van der Waals surface area contributed by atoms with Crippen LogP contribution in [0.2, 0.25) is 0 Å². The Hall–Kier alpha value is -2.09. The Bertz CT molecular complexity index is 572. The molecule has 0 saturated carbocycles. The Morgan fingerprint density at radius 2 is 1.68 bits per heavy atom.